The van der Waals surface area contributed by atoms with E-state index in [9.17, 15) is 4.79 Å². The van der Waals surface area contributed by atoms with E-state index in [0.717, 1.165) is 38.5 Å². The van der Waals surface area contributed by atoms with E-state index in [1.54, 1.807) is 0 Å². The number of benzene rings is 1. The summed E-state index contributed by atoms with van der Waals surface area (Å²) in [5, 5.41) is 0. The van der Waals surface area contributed by atoms with Crippen molar-refractivity contribution in [2.45, 2.75) is 31.6 Å². The Kier molecular flexibility index (Phi) is 3.72. The minimum atomic E-state index is 0.793. The van der Waals surface area contributed by atoms with Crippen LogP contribution in [0.5, 0.6) is 0 Å². The predicted molar refractivity (Wildman–Crippen MR) is 77.5 cm³/mol. The molecule has 0 aromatic heterocycles. The first-order valence-corrected chi connectivity index (χ1v) is 7.41. The van der Waals surface area contributed by atoms with Crippen LogP contribution in [-0.4, -0.2) is 37.5 Å². The second kappa shape index (κ2) is 5.64. The van der Waals surface area contributed by atoms with Gasteiger partial charge in [0.05, 0.1) is 0 Å². The summed E-state index contributed by atoms with van der Waals surface area (Å²) in [5.41, 5.74) is 2.81. The Balaban J connectivity index is 1.64. The van der Waals surface area contributed by atoms with Gasteiger partial charge in [-0.25, -0.2) is 0 Å². The maximum atomic E-state index is 10.7. The first-order valence-electron chi connectivity index (χ1n) is 7.41. The van der Waals surface area contributed by atoms with Crippen LogP contribution in [0.1, 0.15) is 37.2 Å². The number of piperazine rings is 1. The highest BCUT2D eigenvalue weighted by Gasteiger charge is 2.18. The lowest BCUT2D eigenvalue weighted by Crippen LogP contribution is -2.45. The molecule has 0 atom stereocenters. The number of rotatable bonds is 3. The van der Waals surface area contributed by atoms with Crippen molar-refractivity contribution in [3.63, 3.8) is 0 Å². The molecule has 0 spiro atoms. The van der Waals surface area contributed by atoms with Crippen LogP contribution in [-0.2, 0) is 4.79 Å². The molecule has 0 radical (unpaired) electrons. The summed E-state index contributed by atoms with van der Waals surface area (Å²) in [6, 6.07) is 9.11. The summed E-state index contributed by atoms with van der Waals surface area (Å²) in [7, 11) is 0. The molecule has 19 heavy (non-hydrogen) atoms. The summed E-state index contributed by atoms with van der Waals surface area (Å²) in [6.45, 7) is 3.57. The molecule has 1 saturated heterocycles. The Morgan fingerprint density at radius 1 is 0.947 bits per heavy atom. The Bertz CT molecular complexity index is 415. The summed E-state index contributed by atoms with van der Waals surface area (Å²) < 4.78 is 0. The van der Waals surface area contributed by atoms with Gasteiger partial charge in [-0.15, -0.1) is 0 Å². The Labute approximate surface area is 115 Å². The zero-order chi connectivity index (χ0) is 13.1. The van der Waals surface area contributed by atoms with Gasteiger partial charge in [-0.05, 0) is 36.5 Å². The van der Waals surface area contributed by atoms with Crippen molar-refractivity contribution < 1.29 is 4.79 Å². The standard InChI is InChI=1S/C16H22N2O/c19-13-17-9-11-18(12-10-17)16-7-5-15(6-8-16)14-3-1-2-4-14/h5-8,13-14H,1-4,9-12H2. The first kappa shape index (κ1) is 12.5. The van der Waals surface area contributed by atoms with E-state index < -0.39 is 0 Å². The van der Waals surface area contributed by atoms with Crippen molar-refractivity contribution in [3.8, 4) is 0 Å². The second-order valence-electron chi connectivity index (χ2n) is 5.70. The van der Waals surface area contributed by atoms with Gasteiger partial charge in [-0.1, -0.05) is 25.0 Å². The highest BCUT2D eigenvalue weighted by molar-refractivity contribution is 5.51. The van der Waals surface area contributed by atoms with Crippen molar-refractivity contribution >= 4 is 12.1 Å². The summed E-state index contributed by atoms with van der Waals surface area (Å²) in [6.07, 6.45) is 6.45. The number of nitrogens with zero attached hydrogens (tertiary/aromatic N) is 2. The largest absolute Gasteiger partial charge is 0.368 e. The molecular formula is C16H22N2O. The molecule has 2 aliphatic rings. The highest BCUT2D eigenvalue weighted by Crippen LogP contribution is 2.34. The molecule has 0 bridgehead atoms. The molecule has 1 aliphatic heterocycles. The molecule has 0 N–H and O–H groups in total. The zero-order valence-corrected chi connectivity index (χ0v) is 11.4. The quantitative estimate of drug-likeness (QED) is 0.778. The highest BCUT2D eigenvalue weighted by atomic mass is 16.1. The van der Waals surface area contributed by atoms with Gasteiger partial charge in [-0.2, -0.15) is 0 Å². The van der Waals surface area contributed by atoms with Crippen LogP contribution in [0.4, 0.5) is 5.69 Å². The van der Waals surface area contributed by atoms with Gasteiger partial charge in [0, 0.05) is 31.9 Å². The fraction of sp³-hybridized carbons (Fsp3) is 0.562. The van der Waals surface area contributed by atoms with E-state index in [2.05, 4.69) is 29.2 Å². The smallest absolute Gasteiger partial charge is 0.209 e. The van der Waals surface area contributed by atoms with Crippen LogP contribution in [0.15, 0.2) is 24.3 Å². The lowest BCUT2D eigenvalue weighted by molar-refractivity contribution is -0.118. The zero-order valence-electron chi connectivity index (χ0n) is 11.4. The van der Waals surface area contributed by atoms with Gasteiger partial charge in [-0.3, -0.25) is 4.79 Å². The van der Waals surface area contributed by atoms with E-state index in [-0.39, 0.29) is 0 Å². The van der Waals surface area contributed by atoms with E-state index in [0.29, 0.717) is 0 Å². The van der Waals surface area contributed by atoms with Gasteiger partial charge in [0.15, 0.2) is 0 Å². The van der Waals surface area contributed by atoms with Crippen LogP contribution in [0.2, 0.25) is 0 Å². The lowest BCUT2D eigenvalue weighted by Gasteiger charge is -2.34. The van der Waals surface area contributed by atoms with Crippen LogP contribution in [0.3, 0.4) is 0 Å². The Hall–Kier alpha value is -1.51. The van der Waals surface area contributed by atoms with Crippen molar-refractivity contribution in [2.75, 3.05) is 31.1 Å². The van der Waals surface area contributed by atoms with Crippen molar-refractivity contribution in [1.29, 1.82) is 0 Å². The third-order valence-electron chi connectivity index (χ3n) is 4.55. The number of hydrogen-bond donors (Lipinski definition) is 0. The van der Waals surface area contributed by atoms with Crippen LogP contribution in [0.25, 0.3) is 0 Å². The van der Waals surface area contributed by atoms with Crippen molar-refractivity contribution in [3.05, 3.63) is 29.8 Å². The molecule has 3 heteroatoms. The van der Waals surface area contributed by atoms with Gasteiger partial charge >= 0.3 is 0 Å². The van der Waals surface area contributed by atoms with Gasteiger partial charge in [0.1, 0.15) is 0 Å². The van der Waals surface area contributed by atoms with Crippen LogP contribution in [0, 0.1) is 0 Å². The van der Waals surface area contributed by atoms with Gasteiger partial charge in [0.25, 0.3) is 0 Å². The van der Waals surface area contributed by atoms with E-state index >= 15 is 0 Å². The Morgan fingerprint density at radius 3 is 2.16 bits per heavy atom. The maximum Gasteiger partial charge on any atom is 0.209 e. The minimum absolute atomic E-state index is 0.793. The normalized spacial score (nSPS) is 20.8. The molecule has 0 unspecified atom stereocenters. The number of carbonyl (C=O) groups is 1. The number of hydrogen-bond acceptors (Lipinski definition) is 2. The number of carbonyl (C=O) groups excluding carboxylic acids is 1. The molecule has 2 fully saturated rings. The third kappa shape index (κ3) is 2.75. The lowest BCUT2D eigenvalue weighted by atomic mass is 9.97. The predicted octanol–water partition coefficient (Wildman–Crippen LogP) is 2.62. The first-order chi connectivity index (χ1) is 9.36. The van der Waals surface area contributed by atoms with Gasteiger partial charge in [0.2, 0.25) is 6.41 Å². The average Bonchev–Trinajstić information content (AvgIpc) is 3.02. The Morgan fingerprint density at radius 2 is 1.58 bits per heavy atom. The maximum absolute atomic E-state index is 10.7. The average molecular weight is 258 g/mol. The summed E-state index contributed by atoms with van der Waals surface area (Å²) in [5.74, 6) is 0.793. The van der Waals surface area contributed by atoms with Gasteiger partial charge < -0.3 is 9.80 Å². The molecule has 102 valence electrons. The molecule has 1 amide bonds. The molecule has 1 aromatic rings. The number of amides is 1. The molecule has 3 nitrogen and oxygen atoms in total. The number of anilines is 1. The third-order valence-corrected chi connectivity index (χ3v) is 4.55. The fourth-order valence-corrected chi connectivity index (χ4v) is 3.30. The molecular weight excluding hydrogens is 236 g/mol. The molecule has 1 saturated carbocycles. The van der Waals surface area contributed by atoms with Crippen molar-refractivity contribution in [1.82, 2.24) is 4.90 Å². The van der Waals surface area contributed by atoms with E-state index in [4.69, 9.17) is 0 Å². The van der Waals surface area contributed by atoms with E-state index in [1.807, 2.05) is 4.90 Å². The van der Waals surface area contributed by atoms with Crippen LogP contribution >= 0.6 is 0 Å². The fourth-order valence-electron chi connectivity index (χ4n) is 3.30. The molecule has 1 aliphatic carbocycles. The molecule has 3 rings (SSSR count). The minimum Gasteiger partial charge on any atom is -0.368 e. The summed E-state index contributed by atoms with van der Waals surface area (Å²) in [4.78, 5) is 14.9. The van der Waals surface area contributed by atoms with E-state index in [1.165, 1.54) is 36.9 Å². The summed E-state index contributed by atoms with van der Waals surface area (Å²) >= 11 is 0. The monoisotopic (exact) mass is 258 g/mol. The van der Waals surface area contributed by atoms with Crippen molar-refractivity contribution in [2.24, 2.45) is 0 Å². The molecule has 1 heterocycles. The SMILES string of the molecule is O=CN1CCN(c2ccc(C3CCCC3)cc2)CC1. The molecule has 1 aromatic carbocycles. The topological polar surface area (TPSA) is 23.6 Å². The van der Waals surface area contributed by atoms with Crippen LogP contribution < -0.4 is 4.90 Å². The second-order valence-corrected chi connectivity index (χ2v) is 5.70.